The van der Waals surface area contributed by atoms with Crippen molar-refractivity contribution in [1.82, 2.24) is 4.90 Å². The number of nitrogens with zero attached hydrogens (tertiary/aromatic N) is 1. The van der Waals surface area contributed by atoms with Gasteiger partial charge < -0.3 is 14.4 Å². The standard InChI is InChI=1S/C22H27Cl2NO2/c1-25-10-8-22(9-11-25,14-16-4-6-18(26-2)12-20(16)23)15-17-5-7-19(27-3)13-21(17)24/h4-7,12-13H,8-11,14-15H2,1-3H3. The molecule has 1 aliphatic rings. The fraction of sp³-hybridized carbons (Fsp3) is 0.455. The molecule has 0 aromatic heterocycles. The van der Waals surface area contributed by atoms with Crippen LogP contribution in [0.1, 0.15) is 24.0 Å². The zero-order chi connectivity index (χ0) is 19.4. The Hall–Kier alpha value is -1.42. The summed E-state index contributed by atoms with van der Waals surface area (Å²) < 4.78 is 10.6. The van der Waals surface area contributed by atoms with Crippen LogP contribution in [0.4, 0.5) is 0 Å². The second kappa shape index (κ2) is 8.72. The maximum atomic E-state index is 6.56. The number of likely N-dealkylation sites (tertiary alicyclic amines) is 1. The minimum absolute atomic E-state index is 0.142. The second-order valence-corrected chi connectivity index (χ2v) is 8.39. The van der Waals surface area contributed by atoms with Gasteiger partial charge in [-0.25, -0.2) is 0 Å². The van der Waals surface area contributed by atoms with Gasteiger partial charge in [-0.1, -0.05) is 35.3 Å². The van der Waals surface area contributed by atoms with Crippen molar-refractivity contribution < 1.29 is 9.47 Å². The first kappa shape index (κ1) is 20.3. The molecule has 146 valence electrons. The fourth-order valence-corrected chi connectivity index (χ4v) is 4.39. The Morgan fingerprint density at radius 2 is 1.30 bits per heavy atom. The molecule has 2 aromatic carbocycles. The minimum Gasteiger partial charge on any atom is -0.497 e. The molecule has 1 fully saturated rings. The molecule has 0 saturated carbocycles. The maximum Gasteiger partial charge on any atom is 0.120 e. The second-order valence-electron chi connectivity index (χ2n) is 7.57. The van der Waals surface area contributed by atoms with E-state index in [0.29, 0.717) is 0 Å². The van der Waals surface area contributed by atoms with E-state index in [1.807, 2.05) is 24.3 Å². The summed E-state index contributed by atoms with van der Waals surface area (Å²) in [7, 11) is 5.51. The van der Waals surface area contributed by atoms with Gasteiger partial charge in [-0.05, 0) is 86.6 Å². The van der Waals surface area contributed by atoms with Crippen molar-refractivity contribution >= 4 is 23.2 Å². The molecule has 0 N–H and O–H groups in total. The molecular formula is C22H27Cl2NO2. The number of ether oxygens (including phenoxy) is 2. The van der Waals surface area contributed by atoms with E-state index >= 15 is 0 Å². The van der Waals surface area contributed by atoms with Crippen LogP contribution in [0.5, 0.6) is 11.5 Å². The first-order valence-corrected chi connectivity index (χ1v) is 10.0. The Balaban J connectivity index is 1.88. The summed E-state index contributed by atoms with van der Waals surface area (Å²) in [6, 6.07) is 12.0. The zero-order valence-electron chi connectivity index (χ0n) is 16.2. The average molecular weight is 408 g/mol. The maximum absolute atomic E-state index is 6.56. The SMILES string of the molecule is COc1ccc(CC2(Cc3ccc(OC)cc3Cl)CCN(C)CC2)c(Cl)c1. The lowest BCUT2D eigenvalue weighted by molar-refractivity contribution is 0.121. The molecule has 1 heterocycles. The Bertz CT molecular complexity index is 728. The van der Waals surface area contributed by atoms with Crippen LogP contribution in [-0.2, 0) is 12.8 Å². The van der Waals surface area contributed by atoms with Crippen molar-refractivity contribution in [2.24, 2.45) is 5.41 Å². The van der Waals surface area contributed by atoms with E-state index in [4.69, 9.17) is 32.7 Å². The topological polar surface area (TPSA) is 21.7 Å². The zero-order valence-corrected chi connectivity index (χ0v) is 17.7. The van der Waals surface area contributed by atoms with Gasteiger partial charge in [0.2, 0.25) is 0 Å². The van der Waals surface area contributed by atoms with E-state index in [1.54, 1.807) is 14.2 Å². The van der Waals surface area contributed by atoms with Crippen LogP contribution >= 0.6 is 23.2 Å². The van der Waals surface area contributed by atoms with E-state index in [1.165, 1.54) is 11.1 Å². The largest absolute Gasteiger partial charge is 0.497 e. The van der Waals surface area contributed by atoms with Gasteiger partial charge in [0, 0.05) is 10.0 Å². The predicted octanol–water partition coefficient (Wildman–Crippen LogP) is 5.51. The summed E-state index contributed by atoms with van der Waals surface area (Å²) in [4.78, 5) is 2.39. The average Bonchev–Trinajstić information content (AvgIpc) is 2.67. The number of hydrogen-bond acceptors (Lipinski definition) is 3. The summed E-state index contributed by atoms with van der Waals surface area (Å²) in [5, 5.41) is 1.54. The number of piperidine rings is 1. The third-order valence-electron chi connectivity index (χ3n) is 5.70. The summed E-state index contributed by atoms with van der Waals surface area (Å²) >= 11 is 13.1. The third-order valence-corrected chi connectivity index (χ3v) is 6.40. The molecule has 5 heteroatoms. The molecule has 0 unspecified atom stereocenters. The highest BCUT2D eigenvalue weighted by molar-refractivity contribution is 6.31. The lowest BCUT2D eigenvalue weighted by atomic mass is 9.70. The molecule has 0 aliphatic carbocycles. The van der Waals surface area contributed by atoms with Gasteiger partial charge in [-0.15, -0.1) is 0 Å². The number of benzene rings is 2. The van der Waals surface area contributed by atoms with Gasteiger partial charge in [0.05, 0.1) is 14.2 Å². The molecule has 2 aromatic rings. The van der Waals surface area contributed by atoms with Gasteiger partial charge in [-0.2, -0.15) is 0 Å². The Morgan fingerprint density at radius 3 is 1.67 bits per heavy atom. The van der Waals surface area contributed by atoms with E-state index in [2.05, 4.69) is 24.1 Å². The third kappa shape index (κ3) is 4.90. The van der Waals surface area contributed by atoms with Gasteiger partial charge >= 0.3 is 0 Å². The van der Waals surface area contributed by atoms with E-state index in [0.717, 1.165) is 60.3 Å². The first-order chi connectivity index (χ1) is 12.9. The highest BCUT2D eigenvalue weighted by Crippen LogP contribution is 2.41. The fourth-order valence-electron chi connectivity index (χ4n) is 3.91. The molecule has 0 spiro atoms. The van der Waals surface area contributed by atoms with Crippen LogP contribution in [0.3, 0.4) is 0 Å². The molecule has 27 heavy (non-hydrogen) atoms. The van der Waals surface area contributed by atoms with Crippen LogP contribution in [-0.4, -0.2) is 39.3 Å². The van der Waals surface area contributed by atoms with Crippen molar-refractivity contribution in [3.05, 3.63) is 57.6 Å². The molecular weight excluding hydrogens is 381 g/mol. The van der Waals surface area contributed by atoms with Crippen molar-refractivity contribution in [1.29, 1.82) is 0 Å². The van der Waals surface area contributed by atoms with Crippen molar-refractivity contribution in [3.8, 4) is 11.5 Å². The van der Waals surface area contributed by atoms with Gasteiger partial charge in [0.25, 0.3) is 0 Å². The minimum atomic E-state index is 0.142. The summed E-state index contributed by atoms with van der Waals surface area (Å²) in [5.41, 5.74) is 2.49. The monoisotopic (exact) mass is 407 g/mol. The van der Waals surface area contributed by atoms with Gasteiger partial charge in [-0.3, -0.25) is 0 Å². The number of halogens is 2. The molecule has 0 bridgehead atoms. The molecule has 3 rings (SSSR count). The quantitative estimate of drug-likeness (QED) is 0.629. The predicted molar refractivity (Wildman–Crippen MR) is 113 cm³/mol. The summed E-state index contributed by atoms with van der Waals surface area (Å²) in [6.45, 7) is 2.17. The van der Waals surface area contributed by atoms with Crippen LogP contribution < -0.4 is 9.47 Å². The van der Waals surface area contributed by atoms with Gasteiger partial charge in [0.1, 0.15) is 11.5 Å². The smallest absolute Gasteiger partial charge is 0.120 e. The number of methoxy groups -OCH3 is 2. The van der Waals surface area contributed by atoms with E-state index in [-0.39, 0.29) is 5.41 Å². The Labute approximate surface area is 172 Å². The molecule has 1 aliphatic heterocycles. The Morgan fingerprint density at radius 1 is 0.852 bits per heavy atom. The van der Waals surface area contributed by atoms with Crippen molar-refractivity contribution in [3.63, 3.8) is 0 Å². The highest BCUT2D eigenvalue weighted by atomic mass is 35.5. The normalized spacial score (nSPS) is 16.9. The molecule has 1 saturated heterocycles. The summed E-state index contributed by atoms with van der Waals surface area (Å²) in [6.07, 6.45) is 4.11. The molecule has 0 amide bonds. The van der Waals surface area contributed by atoms with E-state index < -0.39 is 0 Å². The van der Waals surface area contributed by atoms with Crippen molar-refractivity contribution in [2.45, 2.75) is 25.7 Å². The lowest BCUT2D eigenvalue weighted by Crippen LogP contribution is -2.40. The molecule has 0 atom stereocenters. The molecule has 0 radical (unpaired) electrons. The number of hydrogen-bond donors (Lipinski definition) is 0. The number of rotatable bonds is 6. The van der Waals surface area contributed by atoms with E-state index in [9.17, 15) is 0 Å². The van der Waals surface area contributed by atoms with Gasteiger partial charge in [0.15, 0.2) is 0 Å². The Kier molecular flexibility index (Phi) is 6.56. The highest BCUT2D eigenvalue weighted by Gasteiger charge is 2.35. The van der Waals surface area contributed by atoms with Crippen molar-refractivity contribution in [2.75, 3.05) is 34.4 Å². The van der Waals surface area contributed by atoms with Crippen LogP contribution in [0.15, 0.2) is 36.4 Å². The summed E-state index contributed by atoms with van der Waals surface area (Å²) in [5.74, 6) is 1.58. The molecule has 3 nitrogen and oxygen atoms in total. The van der Waals surface area contributed by atoms with Crippen LogP contribution in [0, 0.1) is 5.41 Å². The lowest BCUT2D eigenvalue weighted by Gasteiger charge is -2.41. The van der Waals surface area contributed by atoms with Crippen LogP contribution in [0.2, 0.25) is 10.0 Å². The first-order valence-electron chi connectivity index (χ1n) is 9.28. The van der Waals surface area contributed by atoms with Crippen LogP contribution in [0.25, 0.3) is 0 Å².